The van der Waals surface area contributed by atoms with E-state index in [1.807, 2.05) is 0 Å². The fourth-order valence-corrected chi connectivity index (χ4v) is 1.55. The van der Waals surface area contributed by atoms with Gasteiger partial charge in [-0.3, -0.25) is 10.2 Å². The van der Waals surface area contributed by atoms with E-state index in [2.05, 4.69) is 10.3 Å². The molecular weight excluding hydrogens is 212 g/mol. The summed E-state index contributed by atoms with van der Waals surface area (Å²) in [6.45, 7) is 0.841. The SMILES string of the molecule is N=CN=C(N)C(=O)N1CCC(NC(N)=O)C1. The van der Waals surface area contributed by atoms with E-state index >= 15 is 0 Å². The minimum atomic E-state index is -0.611. The van der Waals surface area contributed by atoms with Gasteiger partial charge in [0.2, 0.25) is 0 Å². The van der Waals surface area contributed by atoms with Crippen LogP contribution in [0.15, 0.2) is 4.99 Å². The number of amides is 3. The number of hydrogen-bond donors (Lipinski definition) is 4. The fourth-order valence-electron chi connectivity index (χ4n) is 1.55. The second kappa shape index (κ2) is 5.10. The lowest BCUT2D eigenvalue weighted by atomic mass is 10.3. The fraction of sp³-hybridized carbons (Fsp3) is 0.500. The number of amidine groups is 1. The highest BCUT2D eigenvalue weighted by Crippen LogP contribution is 2.08. The van der Waals surface area contributed by atoms with Gasteiger partial charge in [-0.15, -0.1) is 0 Å². The van der Waals surface area contributed by atoms with Gasteiger partial charge in [0, 0.05) is 19.1 Å². The Morgan fingerprint density at radius 2 is 2.19 bits per heavy atom. The van der Waals surface area contributed by atoms with Crippen LogP contribution in [-0.2, 0) is 4.79 Å². The lowest BCUT2D eigenvalue weighted by molar-refractivity contribution is -0.123. The summed E-state index contributed by atoms with van der Waals surface area (Å²) in [6, 6.07) is -0.755. The Kier molecular flexibility index (Phi) is 3.81. The number of nitrogens with zero attached hydrogens (tertiary/aromatic N) is 2. The molecule has 8 heteroatoms. The van der Waals surface area contributed by atoms with Crippen molar-refractivity contribution in [1.29, 1.82) is 5.41 Å². The van der Waals surface area contributed by atoms with Gasteiger partial charge in [-0.1, -0.05) is 0 Å². The van der Waals surface area contributed by atoms with Gasteiger partial charge in [0.15, 0.2) is 5.84 Å². The maximum absolute atomic E-state index is 11.6. The van der Waals surface area contributed by atoms with Gasteiger partial charge in [0.05, 0.1) is 0 Å². The average molecular weight is 226 g/mol. The summed E-state index contributed by atoms with van der Waals surface area (Å²) in [7, 11) is 0. The van der Waals surface area contributed by atoms with Crippen molar-refractivity contribution in [2.45, 2.75) is 12.5 Å². The molecule has 88 valence electrons. The zero-order valence-electron chi connectivity index (χ0n) is 8.64. The molecule has 8 nitrogen and oxygen atoms in total. The number of likely N-dealkylation sites (tertiary alicyclic amines) is 1. The third-order valence-electron chi connectivity index (χ3n) is 2.24. The van der Waals surface area contributed by atoms with E-state index in [0.29, 0.717) is 25.8 Å². The Morgan fingerprint density at radius 1 is 1.50 bits per heavy atom. The normalized spacial score (nSPS) is 20.6. The molecule has 0 aliphatic carbocycles. The van der Waals surface area contributed by atoms with Crippen molar-refractivity contribution in [3.05, 3.63) is 0 Å². The number of primary amides is 1. The average Bonchev–Trinajstić information content (AvgIpc) is 2.64. The molecule has 1 aliphatic heterocycles. The third kappa shape index (κ3) is 2.94. The van der Waals surface area contributed by atoms with Crippen molar-refractivity contribution < 1.29 is 9.59 Å². The largest absolute Gasteiger partial charge is 0.379 e. The third-order valence-corrected chi connectivity index (χ3v) is 2.24. The summed E-state index contributed by atoms with van der Waals surface area (Å²) in [5.41, 5.74) is 10.3. The summed E-state index contributed by atoms with van der Waals surface area (Å²) in [5, 5.41) is 9.21. The van der Waals surface area contributed by atoms with Gasteiger partial charge in [-0.2, -0.15) is 0 Å². The highest BCUT2D eigenvalue weighted by atomic mass is 16.2. The van der Waals surface area contributed by atoms with Crippen LogP contribution in [-0.4, -0.2) is 48.1 Å². The Balaban J connectivity index is 2.53. The molecule has 1 rings (SSSR count). The number of rotatable bonds is 2. The van der Waals surface area contributed by atoms with Crippen LogP contribution in [0.4, 0.5) is 4.79 Å². The van der Waals surface area contributed by atoms with E-state index in [-0.39, 0.29) is 11.9 Å². The van der Waals surface area contributed by atoms with Crippen molar-refractivity contribution in [2.75, 3.05) is 13.1 Å². The van der Waals surface area contributed by atoms with E-state index in [9.17, 15) is 9.59 Å². The molecule has 1 fully saturated rings. The number of nitrogens with one attached hydrogen (secondary N) is 2. The minimum absolute atomic E-state index is 0.144. The molecule has 1 unspecified atom stereocenters. The van der Waals surface area contributed by atoms with Crippen molar-refractivity contribution >= 4 is 24.1 Å². The Labute approximate surface area is 92.2 Å². The minimum Gasteiger partial charge on any atom is -0.379 e. The molecular formula is C8H14N6O2. The standard InChI is InChI=1S/C8H14N6O2/c9-4-12-6(10)7(15)14-2-1-5(3-14)13-8(11)16/h4-5H,1-3H2,(H3,9,10,12)(H3,11,13,16). The molecule has 6 N–H and O–H groups in total. The molecule has 1 aliphatic rings. The highest BCUT2D eigenvalue weighted by Gasteiger charge is 2.28. The first-order valence-electron chi connectivity index (χ1n) is 4.72. The predicted octanol–water partition coefficient (Wildman–Crippen LogP) is -1.78. The van der Waals surface area contributed by atoms with Crippen LogP contribution in [0.2, 0.25) is 0 Å². The molecule has 0 aromatic carbocycles. The number of carbonyl (C=O) groups is 2. The first kappa shape index (κ1) is 12.0. The summed E-state index contributed by atoms with van der Waals surface area (Å²) >= 11 is 0. The lowest BCUT2D eigenvalue weighted by Crippen LogP contribution is -2.43. The molecule has 0 saturated carbocycles. The van der Waals surface area contributed by atoms with E-state index < -0.39 is 11.9 Å². The number of hydrogen-bond acceptors (Lipinski definition) is 3. The van der Waals surface area contributed by atoms with E-state index in [0.717, 1.165) is 0 Å². The molecule has 3 amide bonds. The number of nitrogens with two attached hydrogens (primary N) is 2. The first-order valence-corrected chi connectivity index (χ1v) is 4.72. The van der Waals surface area contributed by atoms with Gasteiger partial charge < -0.3 is 21.7 Å². The Hall–Kier alpha value is -2.12. The van der Waals surface area contributed by atoms with E-state index in [1.54, 1.807) is 0 Å². The predicted molar refractivity (Wildman–Crippen MR) is 58.1 cm³/mol. The number of carbonyl (C=O) groups excluding carboxylic acids is 2. The molecule has 0 aromatic heterocycles. The Morgan fingerprint density at radius 3 is 2.75 bits per heavy atom. The second-order valence-electron chi connectivity index (χ2n) is 3.39. The number of aliphatic imine (C=N–C) groups is 1. The first-order chi connectivity index (χ1) is 7.54. The van der Waals surface area contributed by atoms with E-state index in [4.69, 9.17) is 16.9 Å². The Bertz CT molecular complexity index is 339. The maximum atomic E-state index is 11.6. The van der Waals surface area contributed by atoms with Gasteiger partial charge in [-0.05, 0) is 6.42 Å². The van der Waals surface area contributed by atoms with Crippen molar-refractivity contribution in [3.63, 3.8) is 0 Å². The van der Waals surface area contributed by atoms with Crippen LogP contribution < -0.4 is 16.8 Å². The molecule has 0 radical (unpaired) electrons. The van der Waals surface area contributed by atoms with Gasteiger partial charge >= 0.3 is 6.03 Å². The lowest BCUT2D eigenvalue weighted by Gasteiger charge is -2.15. The van der Waals surface area contributed by atoms with Crippen LogP contribution in [0, 0.1) is 5.41 Å². The summed E-state index contributed by atoms with van der Waals surface area (Å²) < 4.78 is 0. The summed E-state index contributed by atoms with van der Waals surface area (Å²) in [6.07, 6.45) is 1.34. The number of urea groups is 1. The molecule has 16 heavy (non-hydrogen) atoms. The smallest absolute Gasteiger partial charge is 0.312 e. The quantitative estimate of drug-likeness (QED) is 0.327. The molecule has 1 atom stereocenters. The van der Waals surface area contributed by atoms with Crippen LogP contribution in [0.25, 0.3) is 0 Å². The van der Waals surface area contributed by atoms with Crippen molar-refractivity contribution in [2.24, 2.45) is 16.5 Å². The molecule has 1 saturated heterocycles. The van der Waals surface area contributed by atoms with Crippen molar-refractivity contribution in [1.82, 2.24) is 10.2 Å². The van der Waals surface area contributed by atoms with Gasteiger partial charge in [0.25, 0.3) is 5.91 Å². The summed E-state index contributed by atoms with van der Waals surface area (Å²) in [4.78, 5) is 27.0. The maximum Gasteiger partial charge on any atom is 0.312 e. The van der Waals surface area contributed by atoms with Crippen LogP contribution >= 0.6 is 0 Å². The van der Waals surface area contributed by atoms with E-state index in [1.165, 1.54) is 4.90 Å². The topological polar surface area (TPSA) is 138 Å². The zero-order valence-corrected chi connectivity index (χ0v) is 8.64. The van der Waals surface area contributed by atoms with Gasteiger partial charge in [0.1, 0.15) is 6.34 Å². The van der Waals surface area contributed by atoms with Crippen LogP contribution in [0.3, 0.4) is 0 Å². The van der Waals surface area contributed by atoms with Crippen LogP contribution in [0.1, 0.15) is 6.42 Å². The molecule has 1 heterocycles. The monoisotopic (exact) mass is 226 g/mol. The van der Waals surface area contributed by atoms with Crippen molar-refractivity contribution in [3.8, 4) is 0 Å². The van der Waals surface area contributed by atoms with Crippen LogP contribution in [0.5, 0.6) is 0 Å². The summed E-state index contributed by atoms with van der Waals surface area (Å²) in [5.74, 6) is -0.660. The molecule has 0 spiro atoms. The highest BCUT2D eigenvalue weighted by molar-refractivity contribution is 6.38. The molecule has 0 aromatic rings. The second-order valence-corrected chi connectivity index (χ2v) is 3.39. The molecule has 0 bridgehead atoms. The van der Waals surface area contributed by atoms with Gasteiger partial charge in [-0.25, -0.2) is 9.79 Å². The zero-order chi connectivity index (χ0) is 12.1.